The van der Waals surface area contributed by atoms with E-state index >= 15 is 0 Å². The summed E-state index contributed by atoms with van der Waals surface area (Å²) in [5.41, 5.74) is 8.17. The average molecular weight is 222 g/mol. The van der Waals surface area contributed by atoms with Gasteiger partial charge in [0, 0.05) is 25.2 Å². The van der Waals surface area contributed by atoms with Crippen LogP contribution in [0, 0.1) is 5.92 Å². The van der Waals surface area contributed by atoms with Gasteiger partial charge in [0.2, 0.25) is 0 Å². The minimum Gasteiger partial charge on any atom is -0.324 e. The van der Waals surface area contributed by atoms with Crippen molar-refractivity contribution in [2.45, 2.75) is 51.5 Å². The normalized spacial score (nSPS) is 37.2. The van der Waals surface area contributed by atoms with Gasteiger partial charge in [-0.05, 0) is 32.1 Å². The second-order valence-corrected chi connectivity index (χ2v) is 6.11. The molecule has 16 heavy (non-hydrogen) atoms. The van der Waals surface area contributed by atoms with E-state index < -0.39 is 0 Å². The molecule has 2 nitrogen and oxygen atoms in total. The minimum absolute atomic E-state index is 0.0925. The maximum absolute atomic E-state index is 6.56. The van der Waals surface area contributed by atoms with Crippen molar-refractivity contribution in [3.8, 4) is 0 Å². The van der Waals surface area contributed by atoms with Gasteiger partial charge < -0.3 is 5.73 Å². The molecule has 92 valence electrons. The highest BCUT2D eigenvalue weighted by Crippen LogP contribution is 2.31. The Morgan fingerprint density at radius 3 is 3.06 bits per heavy atom. The standard InChI is InChI=1S/C14H26N2/c1-12-5-3-7-14(15,9-12)11-16-8-4-6-13(2)10-16/h6,12H,3-5,7-11,15H2,1-2H3. The maximum Gasteiger partial charge on any atom is 0.0286 e. The van der Waals surface area contributed by atoms with Gasteiger partial charge in [0.05, 0.1) is 0 Å². The summed E-state index contributed by atoms with van der Waals surface area (Å²) in [6.07, 6.45) is 8.70. The largest absolute Gasteiger partial charge is 0.324 e. The second-order valence-electron chi connectivity index (χ2n) is 6.11. The summed E-state index contributed by atoms with van der Waals surface area (Å²) in [5.74, 6) is 0.820. The molecule has 2 heteroatoms. The van der Waals surface area contributed by atoms with Gasteiger partial charge in [-0.3, -0.25) is 4.90 Å². The molecule has 1 aliphatic heterocycles. The molecule has 0 amide bonds. The van der Waals surface area contributed by atoms with E-state index in [0.717, 1.165) is 19.0 Å². The zero-order valence-corrected chi connectivity index (χ0v) is 10.8. The zero-order valence-electron chi connectivity index (χ0n) is 10.8. The molecule has 0 radical (unpaired) electrons. The highest BCUT2D eigenvalue weighted by Gasteiger charge is 2.32. The summed E-state index contributed by atoms with van der Waals surface area (Å²) in [6, 6.07) is 0. The molecule has 0 bridgehead atoms. The first-order valence-electron chi connectivity index (χ1n) is 6.74. The molecule has 2 unspecified atom stereocenters. The van der Waals surface area contributed by atoms with Gasteiger partial charge in [-0.15, -0.1) is 0 Å². The van der Waals surface area contributed by atoms with Crippen molar-refractivity contribution < 1.29 is 0 Å². The monoisotopic (exact) mass is 222 g/mol. The van der Waals surface area contributed by atoms with Crippen LogP contribution < -0.4 is 5.73 Å². The lowest BCUT2D eigenvalue weighted by molar-refractivity contribution is 0.155. The van der Waals surface area contributed by atoms with Crippen molar-refractivity contribution >= 4 is 0 Å². The zero-order chi connectivity index (χ0) is 11.6. The van der Waals surface area contributed by atoms with E-state index in [1.54, 1.807) is 0 Å². The van der Waals surface area contributed by atoms with Crippen LogP contribution in [0.25, 0.3) is 0 Å². The summed E-state index contributed by atoms with van der Waals surface area (Å²) in [5, 5.41) is 0. The van der Waals surface area contributed by atoms with E-state index in [1.165, 1.54) is 44.2 Å². The number of rotatable bonds is 2. The van der Waals surface area contributed by atoms with Gasteiger partial charge in [-0.25, -0.2) is 0 Å². The van der Waals surface area contributed by atoms with Crippen molar-refractivity contribution in [1.29, 1.82) is 0 Å². The number of hydrogen-bond acceptors (Lipinski definition) is 2. The van der Waals surface area contributed by atoms with E-state index in [0.29, 0.717) is 0 Å². The maximum atomic E-state index is 6.56. The minimum atomic E-state index is 0.0925. The van der Waals surface area contributed by atoms with E-state index in [2.05, 4.69) is 24.8 Å². The fourth-order valence-corrected chi connectivity index (χ4v) is 3.41. The smallest absolute Gasteiger partial charge is 0.0286 e. The molecular weight excluding hydrogens is 196 g/mol. The second kappa shape index (κ2) is 4.89. The Bertz CT molecular complexity index is 272. The Hall–Kier alpha value is -0.340. The van der Waals surface area contributed by atoms with E-state index in [-0.39, 0.29) is 5.54 Å². The quantitative estimate of drug-likeness (QED) is 0.728. The van der Waals surface area contributed by atoms with Crippen molar-refractivity contribution in [1.82, 2.24) is 4.90 Å². The van der Waals surface area contributed by atoms with Crippen LogP contribution in [0.3, 0.4) is 0 Å². The lowest BCUT2D eigenvalue weighted by Gasteiger charge is -2.41. The van der Waals surface area contributed by atoms with Crippen LogP contribution >= 0.6 is 0 Å². The average Bonchev–Trinajstić information content (AvgIpc) is 2.16. The molecule has 0 aromatic rings. The van der Waals surface area contributed by atoms with Gasteiger partial charge in [-0.2, -0.15) is 0 Å². The highest BCUT2D eigenvalue weighted by atomic mass is 15.1. The number of nitrogens with two attached hydrogens (primary N) is 1. The first-order chi connectivity index (χ1) is 7.57. The molecule has 2 atom stereocenters. The molecule has 2 aliphatic rings. The predicted molar refractivity (Wildman–Crippen MR) is 69.4 cm³/mol. The highest BCUT2D eigenvalue weighted by molar-refractivity contribution is 5.06. The van der Waals surface area contributed by atoms with Crippen LogP contribution in [0.1, 0.15) is 46.0 Å². The van der Waals surface area contributed by atoms with Crippen LogP contribution in [0.4, 0.5) is 0 Å². The topological polar surface area (TPSA) is 29.3 Å². The predicted octanol–water partition coefficient (Wildman–Crippen LogP) is 2.55. The van der Waals surface area contributed by atoms with Gasteiger partial charge in [0.15, 0.2) is 0 Å². The SMILES string of the molecule is CC1=CCCN(CC2(N)CCCC(C)C2)C1. The van der Waals surface area contributed by atoms with Crippen LogP contribution in [0.2, 0.25) is 0 Å². The van der Waals surface area contributed by atoms with E-state index in [4.69, 9.17) is 5.73 Å². The van der Waals surface area contributed by atoms with Crippen LogP contribution in [0.5, 0.6) is 0 Å². The Balaban J connectivity index is 1.90. The van der Waals surface area contributed by atoms with Crippen LogP contribution in [-0.2, 0) is 0 Å². The first-order valence-corrected chi connectivity index (χ1v) is 6.74. The summed E-state index contributed by atoms with van der Waals surface area (Å²) < 4.78 is 0. The molecule has 2 N–H and O–H groups in total. The molecule has 2 rings (SSSR count). The van der Waals surface area contributed by atoms with Gasteiger partial charge in [-0.1, -0.05) is 31.4 Å². The molecule has 1 saturated carbocycles. The molecule has 0 aromatic carbocycles. The van der Waals surface area contributed by atoms with Gasteiger partial charge >= 0.3 is 0 Å². The summed E-state index contributed by atoms with van der Waals surface area (Å²) in [4.78, 5) is 2.55. The van der Waals surface area contributed by atoms with E-state index in [9.17, 15) is 0 Å². The summed E-state index contributed by atoms with van der Waals surface area (Å²) >= 11 is 0. The van der Waals surface area contributed by atoms with Crippen molar-refractivity contribution in [3.05, 3.63) is 11.6 Å². The Morgan fingerprint density at radius 1 is 1.56 bits per heavy atom. The fraction of sp³-hybridized carbons (Fsp3) is 0.857. The fourth-order valence-electron chi connectivity index (χ4n) is 3.41. The van der Waals surface area contributed by atoms with Gasteiger partial charge in [0.1, 0.15) is 0 Å². The van der Waals surface area contributed by atoms with Crippen molar-refractivity contribution in [2.75, 3.05) is 19.6 Å². The lowest BCUT2D eigenvalue weighted by atomic mass is 9.76. The molecule has 1 fully saturated rings. The number of hydrogen-bond donors (Lipinski definition) is 1. The Labute approximate surface area is 99.9 Å². The molecule has 1 heterocycles. The molecular formula is C14H26N2. The van der Waals surface area contributed by atoms with Crippen LogP contribution in [-0.4, -0.2) is 30.1 Å². The molecule has 1 aliphatic carbocycles. The van der Waals surface area contributed by atoms with Crippen LogP contribution in [0.15, 0.2) is 11.6 Å². The molecule has 0 saturated heterocycles. The third-order valence-electron chi connectivity index (χ3n) is 4.08. The summed E-state index contributed by atoms with van der Waals surface area (Å²) in [7, 11) is 0. The van der Waals surface area contributed by atoms with Crippen molar-refractivity contribution in [2.24, 2.45) is 11.7 Å². The molecule has 0 aromatic heterocycles. The first kappa shape index (κ1) is 12.1. The Morgan fingerprint density at radius 2 is 2.38 bits per heavy atom. The number of nitrogens with zero attached hydrogens (tertiary/aromatic N) is 1. The third-order valence-corrected chi connectivity index (χ3v) is 4.08. The van der Waals surface area contributed by atoms with Gasteiger partial charge in [0.25, 0.3) is 0 Å². The van der Waals surface area contributed by atoms with Crippen molar-refractivity contribution in [3.63, 3.8) is 0 Å². The molecule has 0 spiro atoms. The Kier molecular flexibility index (Phi) is 3.70. The lowest BCUT2D eigenvalue weighted by Crippen LogP contribution is -2.53. The summed E-state index contributed by atoms with van der Waals surface area (Å²) in [6.45, 7) is 8.02. The van der Waals surface area contributed by atoms with E-state index in [1.807, 2.05) is 0 Å². The third kappa shape index (κ3) is 3.08.